The first-order chi connectivity index (χ1) is 7.50. The predicted molar refractivity (Wildman–Crippen MR) is 55.6 cm³/mol. The largest absolute Gasteiger partial charge is 0.388 e. The molecule has 2 heterocycles. The molecule has 0 aliphatic carbocycles. The van der Waals surface area contributed by atoms with Crippen LogP contribution in [0.15, 0.2) is 17.1 Å². The van der Waals surface area contributed by atoms with Crippen molar-refractivity contribution in [3.05, 3.63) is 12.2 Å². The maximum Gasteiger partial charge on any atom is 0.257 e. The van der Waals surface area contributed by atoms with E-state index in [9.17, 15) is 15.0 Å². The maximum atomic E-state index is 11.6. The van der Waals surface area contributed by atoms with Crippen LogP contribution in [0.25, 0.3) is 0 Å². The molecule has 0 spiro atoms. The van der Waals surface area contributed by atoms with Gasteiger partial charge in [0.1, 0.15) is 24.1 Å². The zero-order valence-corrected chi connectivity index (χ0v) is 8.78. The Kier molecular flexibility index (Phi) is 2.79. The first-order valence-electron chi connectivity index (χ1n) is 5.08. The van der Waals surface area contributed by atoms with Crippen LogP contribution in [0.5, 0.6) is 0 Å². The van der Waals surface area contributed by atoms with Crippen molar-refractivity contribution in [3.63, 3.8) is 0 Å². The van der Waals surface area contributed by atoms with Gasteiger partial charge >= 0.3 is 0 Å². The summed E-state index contributed by atoms with van der Waals surface area (Å²) in [5, 5.41) is 19.3. The summed E-state index contributed by atoms with van der Waals surface area (Å²) in [7, 11) is 0. The second-order valence-corrected chi connectivity index (χ2v) is 4.05. The van der Waals surface area contributed by atoms with Crippen molar-refractivity contribution in [3.8, 4) is 0 Å². The van der Waals surface area contributed by atoms with Gasteiger partial charge in [0.15, 0.2) is 0 Å². The number of aliphatic imine (C=N–C) groups is 1. The highest BCUT2D eigenvalue weighted by Gasteiger charge is 2.46. The summed E-state index contributed by atoms with van der Waals surface area (Å²) < 4.78 is 5.35. The van der Waals surface area contributed by atoms with Crippen molar-refractivity contribution < 1.29 is 19.7 Å². The minimum atomic E-state index is -1.08. The van der Waals surface area contributed by atoms with E-state index in [4.69, 9.17) is 10.5 Å². The summed E-state index contributed by atoms with van der Waals surface area (Å²) in [6.07, 6.45) is -0.270. The highest BCUT2D eigenvalue weighted by atomic mass is 16.5. The summed E-state index contributed by atoms with van der Waals surface area (Å²) in [4.78, 5) is 15.1. The third-order valence-corrected chi connectivity index (χ3v) is 2.89. The number of carbonyl (C=O) groups is 1. The Morgan fingerprint density at radius 2 is 2.12 bits per heavy atom. The Balaban J connectivity index is 2.16. The van der Waals surface area contributed by atoms with E-state index in [2.05, 4.69) is 4.99 Å². The number of aliphatic hydroxyl groups is 2. The second-order valence-electron chi connectivity index (χ2n) is 4.05. The fourth-order valence-corrected chi connectivity index (χ4v) is 1.95. The average Bonchev–Trinajstić information content (AvgIpc) is 2.46. The summed E-state index contributed by atoms with van der Waals surface area (Å²) in [6.45, 7) is 1.64. The number of dihydropyridines is 1. The Bertz CT molecular complexity index is 366. The number of rotatable bonds is 1. The highest BCUT2D eigenvalue weighted by molar-refractivity contribution is 6.04. The molecular weight excluding hydrogens is 212 g/mol. The lowest BCUT2D eigenvalue weighted by molar-refractivity contribution is -0.126. The molecule has 0 aromatic heterocycles. The Morgan fingerprint density at radius 1 is 1.44 bits per heavy atom. The van der Waals surface area contributed by atoms with Gasteiger partial charge in [-0.2, -0.15) is 4.99 Å². The predicted octanol–water partition coefficient (Wildman–Crippen LogP) is -1.43. The number of nitrogens with two attached hydrogens (primary N) is 1. The molecule has 1 amide bonds. The fourth-order valence-electron chi connectivity index (χ4n) is 1.95. The van der Waals surface area contributed by atoms with Crippen LogP contribution in [-0.4, -0.2) is 46.4 Å². The molecule has 4 N–H and O–H groups in total. The molecule has 2 aliphatic heterocycles. The van der Waals surface area contributed by atoms with Crippen LogP contribution in [0.3, 0.4) is 0 Å². The van der Waals surface area contributed by atoms with E-state index in [1.165, 1.54) is 6.08 Å². The van der Waals surface area contributed by atoms with Gasteiger partial charge in [-0.05, 0) is 13.0 Å². The summed E-state index contributed by atoms with van der Waals surface area (Å²) in [6, 6.07) is 0. The van der Waals surface area contributed by atoms with E-state index in [0.717, 1.165) is 0 Å². The van der Waals surface area contributed by atoms with Gasteiger partial charge < -0.3 is 20.7 Å². The van der Waals surface area contributed by atoms with Crippen molar-refractivity contribution in [2.24, 2.45) is 16.6 Å². The molecule has 0 aromatic carbocycles. The summed E-state index contributed by atoms with van der Waals surface area (Å²) in [5.41, 5.74) is 5.36. The summed E-state index contributed by atoms with van der Waals surface area (Å²) in [5.74, 6) is -0.991. The number of amidine groups is 1. The minimum absolute atomic E-state index is 0.141. The molecule has 16 heavy (non-hydrogen) atoms. The number of ether oxygens (including phenoxy) is 1. The van der Waals surface area contributed by atoms with E-state index in [-0.39, 0.29) is 5.84 Å². The van der Waals surface area contributed by atoms with Crippen molar-refractivity contribution in [1.29, 1.82) is 0 Å². The lowest BCUT2D eigenvalue weighted by atomic mass is 9.94. The zero-order chi connectivity index (χ0) is 11.9. The van der Waals surface area contributed by atoms with E-state index in [0.29, 0.717) is 0 Å². The normalized spacial score (nSPS) is 43.6. The molecule has 1 fully saturated rings. The summed E-state index contributed by atoms with van der Waals surface area (Å²) >= 11 is 0. The highest BCUT2D eigenvalue weighted by Crippen LogP contribution is 2.28. The fraction of sp³-hybridized carbons (Fsp3) is 0.600. The third-order valence-electron chi connectivity index (χ3n) is 2.89. The molecule has 6 nitrogen and oxygen atoms in total. The monoisotopic (exact) mass is 226 g/mol. The van der Waals surface area contributed by atoms with Gasteiger partial charge in [-0.1, -0.05) is 6.08 Å². The average molecular weight is 226 g/mol. The van der Waals surface area contributed by atoms with E-state index < -0.39 is 36.2 Å². The first kappa shape index (κ1) is 11.3. The molecule has 1 saturated heterocycles. The number of amides is 1. The molecule has 88 valence electrons. The maximum absolute atomic E-state index is 11.6. The first-order valence-corrected chi connectivity index (χ1v) is 5.08. The molecule has 0 aromatic rings. The van der Waals surface area contributed by atoms with Crippen LogP contribution in [0.2, 0.25) is 0 Å². The molecule has 0 radical (unpaired) electrons. The van der Waals surface area contributed by atoms with Gasteiger partial charge in [-0.15, -0.1) is 0 Å². The van der Waals surface area contributed by atoms with Crippen LogP contribution in [0.4, 0.5) is 0 Å². The third kappa shape index (κ3) is 1.75. The smallest absolute Gasteiger partial charge is 0.257 e. The number of nitrogens with zero attached hydrogens (tertiary/aromatic N) is 1. The van der Waals surface area contributed by atoms with Crippen LogP contribution in [-0.2, 0) is 9.53 Å². The number of carbonyl (C=O) groups excluding carboxylic acids is 1. The topological polar surface area (TPSA) is 105 Å². The molecule has 0 bridgehead atoms. The van der Waals surface area contributed by atoms with Gasteiger partial charge in [0, 0.05) is 0 Å². The van der Waals surface area contributed by atoms with Gasteiger partial charge in [-0.3, -0.25) is 4.79 Å². The SMILES string of the molecule is C[C@H]1O[C@@H](C2C=CC(N)=NC2=O)[C@@H](O)C1O. The van der Waals surface area contributed by atoms with Gasteiger partial charge in [0.05, 0.1) is 12.0 Å². The minimum Gasteiger partial charge on any atom is -0.388 e. The molecule has 6 heteroatoms. The van der Waals surface area contributed by atoms with Gasteiger partial charge in [0.2, 0.25) is 0 Å². The van der Waals surface area contributed by atoms with Crippen LogP contribution in [0.1, 0.15) is 6.92 Å². The molecule has 0 saturated carbocycles. The Morgan fingerprint density at radius 3 is 2.62 bits per heavy atom. The molecule has 2 rings (SSSR count). The quantitative estimate of drug-likeness (QED) is 0.508. The zero-order valence-electron chi connectivity index (χ0n) is 8.78. The molecule has 2 aliphatic rings. The molecular formula is C10H14N2O4. The van der Waals surface area contributed by atoms with Gasteiger partial charge in [0.25, 0.3) is 5.91 Å². The second kappa shape index (κ2) is 3.97. The lowest BCUT2D eigenvalue weighted by Crippen LogP contribution is -2.39. The lowest BCUT2D eigenvalue weighted by Gasteiger charge is -2.22. The Hall–Kier alpha value is -1.24. The molecule has 2 unspecified atom stereocenters. The standard InChI is InChI=1S/C10H14N2O4/c1-4-7(13)8(14)9(16-4)5-2-3-6(11)12-10(5)15/h2-5,7-9,13-14H,1H3,(H2,11,12,15)/t4-,5?,7?,8+,9+/m1/s1. The van der Waals surface area contributed by atoms with E-state index in [1.54, 1.807) is 13.0 Å². The van der Waals surface area contributed by atoms with Gasteiger partial charge in [-0.25, -0.2) is 0 Å². The number of hydrogen-bond donors (Lipinski definition) is 3. The van der Waals surface area contributed by atoms with Crippen molar-refractivity contribution in [1.82, 2.24) is 0 Å². The van der Waals surface area contributed by atoms with Crippen molar-refractivity contribution >= 4 is 11.7 Å². The van der Waals surface area contributed by atoms with Crippen LogP contribution in [0, 0.1) is 5.92 Å². The van der Waals surface area contributed by atoms with Crippen molar-refractivity contribution in [2.75, 3.05) is 0 Å². The van der Waals surface area contributed by atoms with Crippen molar-refractivity contribution in [2.45, 2.75) is 31.3 Å². The molecule has 5 atom stereocenters. The van der Waals surface area contributed by atoms with Crippen LogP contribution < -0.4 is 5.73 Å². The number of aliphatic hydroxyl groups excluding tert-OH is 2. The Labute approximate surface area is 92.4 Å². The number of hydrogen-bond acceptors (Lipinski definition) is 5. The van der Waals surface area contributed by atoms with E-state index >= 15 is 0 Å². The van der Waals surface area contributed by atoms with Crippen LogP contribution >= 0.6 is 0 Å². The van der Waals surface area contributed by atoms with E-state index in [1.807, 2.05) is 0 Å².